The third-order valence-electron chi connectivity index (χ3n) is 4.43. The molecule has 2 fully saturated rings. The fraction of sp³-hybridized carbons (Fsp3) is 0.562. The molecule has 0 aliphatic carbocycles. The summed E-state index contributed by atoms with van der Waals surface area (Å²) in [6.45, 7) is 6.08. The number of halogens is 2. The molecule has 0 aromatic heterocycles. The number of hydrogen-bond acceptors (Lipinski definition) is 3. The van der Waals surface area contributed by atoms with Crippen molar-refractivity contribution in [2.75, 3.05) is 39.3 Å². The van der Waals surface area contributed by atoms with Gasteiger partial charge in [0.1, 0.15) is 0 Å². The van der Waals surface area contributed by atoms with E-state index in [0.29, 0.717) is 17.5 Å². The topological polar surface area (TPSA) is 35.6 Å². The summed E-state index contributed by atoms with van der Waals surface area (Å²) >= 11 is 5.98. The van der Waals surface area contributed by atoms with Gasteiger partial charge in [-0.15, -0.1) is 12.4 Å². The lowest BCUT2D eigenvalue weighted by atomic mass is 10.1. The van der Waals surface area contributed by atoms with Crippen molar-refractivity contribution in [1.82, 2.24) is 15.1 Å². The molecule has 0 spiro atoms. The van der Waals surface area contributed by atoms with E-state index in [1.807, 2.05) is 29.2 Å². The number of benzene rings is 1. The highest BCUT2D eigenvalue weighted by atomic mass is 35.5. The second kappa shape index (κ2) is 8.16. The molecule has 1 amide bonds. The number of nitrogens with one attached hydrogen (secondary N) is 1. The summed E-state index contributed by atoms with van der Waals surface area (Å²) in [5.41, 5.74) is 0.998. The van der Waals surface area contributed by atoms with Crippen LogP contribution in [0.25, 0.3) is 0 Å². The first kappa shape index (κ1) is 17.5. The van der Waals surface area contributed by atoms with Gasteiger partial charge in [-0.05, 0) is 24.1 Å². The second-order valence-corrected chi connectivity index (χ2v) is 6.31. The second-order valence-electron chi connectivity index (χ2n) is 5.87. The maximum absolute atomic E-state index is 12.4. The minimum atomic E-state index is 0. The fourth-order valence-electron chi connectivity index (χ4n) is 3.25. The lowest BCUT2D eigenvalue weighted by Gasteiger charge is -2.32. The van der Waals surface area contributed by atoms with Crippen LogP contribution in [0.2, 0.25) is 5.02 Å². The molecule has 2 aliphatic heterocycles. The number of carbonyl (C=O) groups excluding carboxylic acids is 1. The zero-order valence-electron chi connectivity index (χ0n) is 12.6. The van der Waals surface area contributed by atoms with Gasteiger partial charge in [0, 0.05) is 50.3 Å². The van der Waals surface area contributed by atoms with Crippen molar-refractivity contribution in [2.24, 2.45) is 0 Å². The summed E-state index contributed by atoms with van der Waals surface area (Å²) in [7, 11) is 0. The molecule has 2 aliphatic rings. The Bertz CT molecular complexity index is 506. The molecule has 1 aromatic rings. The number of piperazine rings is 1. The van der Waals surface area contributed by atoms with E-state index in [4.69, 9.17) is 11.6 Å². The van der Waals surface area contributed by atoms with Crippen molar-refractivity contribution in [3.05, 3.63) is 34.9 Å². The van der Waals surface area contributed by atoms with Crippen molar-refractivity contribution in [3.63, 3.8) is 0 Å². The predicted octanol–water partition coefficient (Wildman–Crippen LogP) is 1.81. The molecule has 3 rings (SSSR count). The molecule has 1 N–H and O–H groups in total. The van der Waals surface area contributed by atoms with E-state index in [1.165, 1.54) is 0 Å². The first-order valence-corrected chi connectivity index (χ1v) is 8.07. The molecular weight excluding hydrogens is 321 g/mol. The van der Waals surface area contributed by atoms with Crippen molar-refractivity contribution in [1.29, 1.82) is 0 Å². The van der Waals surface area contributed by atoms with Crippen LogP contribution in [0.1, 0.15) is 12.0 Å². The Morgan fingerprint density at radius 1 is 1.27 bits per heavy atom. The highest BCUT2D eigenvalue weighted by molar-refractivity contribution is 6.30. The summed E-state index contributed by atoms with van der Waals surface area (Å²) in [4.78, 5) is 16.9. The molecule has 1 aromatic carbocycles. The Morgan fingerprint density at radius 3 is 2.77 bits per heavy atom. The number of carbonyl (C=O) groups is 1. The zero-order chi connectivity index (χ0) is 14.7. The highest BCUT2D eigenvalue weighted by Gasteiger charge is 2.30. The van der Waals surface area contributed by atoms with E-state index in [-0.39, 0.29) is 18.3 Å². The number of nitrogens with zero attached hydrogens (tertiary/aromatic N) is 2. The van der Waals surface area contributed by atoms with Crippen LogP contribution in [-0.4, -0.2) is 61.0 Å². The quantitative estimate of drug-likeness (QED) is 0.909. The minimum absolute atomic E-state index is 0. The average Bonchev–Trinajstić information content (AvgIpc) is 2.98. The summed E-state index contributed by atoms with van der Waals surface area (Å²) in [6, 6.07) is 8.12. The molecule has 2 saturated heterocycles. The maximum atomic E-state index is 12.4. The molecule has 0 bridgehead atoms. The van der Waals surface area contributed by atoms with Crippen molar-refractivity contribution < 1.29 is 4.79 Å². The van der Waals surface area contributed by atoms with Gasteiger partial charge in [-0.25, -0.2) is 0 Å². The van der Waals surface area contributed by atoms with Crippen LogP contribution in [0, 0.1) is 0 Å². The highest BCUT2D eigenvalue weighted by Crippen LogP contribution is 2.18. The monoisotopic (exact) mass is 343 g/mol. The number of rotatable bonds is 3. The number of amides is 1. The van der Waals surface area contributed by atoms with E-state index in [1.54, 1.807) is 0 Å². The maximum Gasteiger partial charge on any atom is 0.227 e. The van der Waals surface area contributed by atoms with Gasteiger partial charge in [0.15, 0.2) is 0 Å². The van der Waals surface area contributed by atoms with Crippen molar-refractivity contribution >= 4 is 29.9 Å². The first-order chi connectivity index (χ1) is 10.2. The van der Waals surface area contributed by atoms with Gasteiger partial charge in [-0.3, -0.25) is 9.69 Å². The number of hydrogen-bond donors (Lipinski definition) is 1. The first-order valence-electron chi connectivity index (χ1n) is 7.69. The van der Waals surface area contributed by atoms with Crippen LogP contribution in [-0.2, 0) is 11.2 Å². The Kier molecular flexibility index (Phi) is 6.50. The lowest BCUT2D eigenvalue weighted by molar-refractivity contribution is -0.129. The molecule has 1 atom stereocenters. The van der Waals surface area contributed by atoms with Gasteiger partial charge in [0.05, 0.1) is 6.42 Å². The van der Waals surface area contributed by atoms with Crippen LogP contribution in [0.5, 0.6) is 0 Å². The Hall–Kier alpha value is -0.810. The standard InChI is InChI=1S/C16H22ClN3O.ClH/c17-14-3-1-2-13(10-14)11-16(21)20-7-4-15(12-20)19-8-5-18-6-9-19;/h1-3,10,15,18H,4-9,11-12H2;1H. The molecule has 0 radical (unpaired) electrons. The summed E-state index contributed by atoms with van der Waals surface area (Å²) < 4.78 is 0. The van der Waals surface area contributed by atoms with Gasteiger partial charge < -0.3 is 10.2 Å². The largest absolute Gasteiger partial charge is 0.341 e. The molecule has 0 saturated carbocycles. The Balaban J connectivity index is 0.00000176. The third kappa shape index (κ3) is 4.35. The van der Waals surface area contributed by atoms with Crippen LogP contribution in [0.15, 0.2) is 24.3 Å². The van der Waals surface area contributed by atoms with Gasteiger partial charge in [0.25, 0.3) is 0 Å². The fourth-order valence-corrected chi connectivity index (χ4v) is 3.46. The van der Waals surface area contributed by atoms with Crippen LogP contribution < -0.4 is 5.32 Å². The molecular formula is C16H23Cl2N3O. The normalized spacial score (nSPS) is 22.4. The van der Waals surface area contributed by atoms with Crippen molar-refractivity contribution in [2.45, 2.75) is 18.9 Å². The van der Waals surface area contributed by atoms with E-state index < -0.39 is 0 Å². The lowest BCUT2D eigenvalue weighted by Crippen LogP contribution is -2.49. The minimum Gasteiger partial charge on any atom is -0.341 e. The van der Waals surface area contributed by atoms with Crippen LogP contribution in [0.4, 0.5) is 0 Å². The Labute approximate surface area is 143 Å². The third-order valence-corrected chi connectivity index (χ3v) is 4.66. The SMILES string of the molecule is Cl.O=C(Cc1cccc(Cl)c1)N1CCC(N2CCNCC2)C1. The van der Waals surface area contributed by atoms with Gasteiger partial charge >= 0.3 is 0 Å². The van der Waals surface area contributed by atoms with Crippen LogP contribution in [0.3, 0.4) is 0 Å². The van der Waals surface area contributed by atoms with E-state index in [0.717, 1.165) is 51.3 Å². The summed E-state index contributed by atoms with van der Waals surface area (Å²) in [5.74, 6) is 0.218. The molecule has 1 unspecified atom stereocenters. The summed E-state index contributed by atoms with van der Waals surface area (Å²) in [6.07, 6.45) is 1.55. The summed E-state index contributed by atoms with van der Waals surface area (Å²) in [5, 5.41) is 4.07. The van der Waals surface area contributed by atoms with E-state index >= 15 is 0 Å². The Morgan fingerprint density at radius 2 is 2.05 bits per heavy atom. The van der Waals surface area contributed by atoms with E-state index in [2.05, 4.69) is 10.2 Å². The smallest absolute Gasteiger partial charge is 0.227 e. The number of likely N-dealkylation sites (tertiary alicyclic amines) is 1. The predicted molar refractivity (Wildman–Crippen MR) is 91.8 cm³/mol. The van der Waals surface area contributed by atoms with E-state index in [9.17, 15) is 4.79 Å². The van der Waals surface area contributed by atoms with Gasteiger partial charge in [-0.1, -0.05) is 23.7 Å². The zero-order valence-corrected chi connectivity index (χ0v) is 14.2. The molecule has 122 valence electrons. The van der Waals surface area contributed by atoms with Gasteiger partial charge in [0.2, 0.25) is 5.91 Å². The molecule has 4 nitrogen and oxygen atoms in total. The van der Waals surface area contributed by atoms with Crippen LogP contribution >= 0.6 is 24.0 Å². The molecule has 6 heteroatoms. The average molecular weight is 344 g/mol. The van der Waals surface area contributed by atoms with Crippen molar-refractivity contribution in [3.8, 4) is 0 Å². The molecule has 2 heterocycles. The molecule has 22 heavy (non-hydrogen) atoms. The van der Waals surface area contributed by atoms with Gasteiger partial charge in [-0.2, -0.15) is 0 Å².